The number of nitrogens with two attached hydrogens (primary N) is 4. The molecule has 0 spiro atoms. The molecule has 15 rings (SSSR count). The van der Waals surface area contributed by atoms with Gasteiger partial charge in [-0.05, 0) is 113 Å². The zero-order valence-corrected chi connectivity index (χ0v) is 71.3. The second-order valence-corrected chi connectivity index (χ2v) is 26.5. The Morgan fingerprint density at radius 3 is 1.10 bits per heavy atom. The number of aromatic nitrogens is 16. The summed E-state index contributed by atoms with van der Waals surface area (Å²) >= 11 is 0. The molecule has 14 N–H and O–H groups in total. The van der Waals surface area contributed by atoms with Crippen molar-refractivity contribution in [2.45, 2.75) is 84.2 Å². The third kappa shape index (κ3) is 25.9. The van der Waals surface area contributed by atoms with Crippen LogP contribution in [0.3, 0.4) is 0 Å². The van der Waals surface area contributed by atoms with Crippen LogP contribution in [0.15, 0.2) is 237 Å². The number of ketones is 1. The fourth-order valence-corrected chi connectivity index (χ4v) is 11.9. The smallest absolute Gasteiger partial charge is 0.870 e. The number of aryl methyl sites for hydroxylation is 4. The summed E-state index contributed by atoms with van der Waals surface area (Å²) in [6.07, 6.45) is 4.60. The number of para-hydroxylation sites is 4. The zero-order valence-electron chi connectivity index (χ0n) is 68.4. The van der Waals surface area contributed by atoms with E-state index in [1.165, 1.54) is 24.8 Å². The molecule has 6 unspecified atom stereocenters. The van der Waals surface area contributed by atoms with Gasteiger partial charge in [-0.25, -0.2) is 49.5 Å². The number of fused-ring (bicyclic) bond motifs is 4. The van der Waals surface area contributed by atoms with Crippen LogP contribution in [0.4, 0.5) is 0 Å². The van der Waals surface area contributed by atoms with E-state index in [4.69, 9.17) is 34.1 Å². The first-order valence-corrected chi connectivity index (χ1v) is 37.8. The first-order chi connectivity index (χ1) is 58.2. The van der Waals surface area contributed by atoms with Gasteiger partial charge in [-0.3, -0.25) is 28.8 Å². The Kier molecular flexibility index (Phi) is 35.6. The number of hydrogen-bond acceptors (Lipinski definition) is 25. The van der Waals surface area contributed by atoms with Gasteiger partial charge in [-0.1, -0.05) is 170 Å². The molecule has 0 bridgehead atoms. The molecule has 0 aliphatic carbocycles. The molecule has 35 nitrogen and oxygen atoms in total. The number of primary amides is 3. The van der Waals surface area contributed by atoms with E-state index in [0.29, 0.717) is 65.1 Å². The van der Waals surface area contributed by atoms with Crippen molar-refractivity contribution in [3.8, 4) is 23.8 Å². The topological polar surface area (TPSA) is 539 Å². The molecule has 0 fully saturated rings. The van der Waals surface area contributed by atoms with Gasteiger partial charge in [0, 0.05) is 60.2 Å². The van der Waals surface area contributed by atoms with Crippen molar-refractivity contribution < 1.29 is 94.8 Å². The molecular formula is C85H87ClN22NaO13P. The number of rotatable bonds is 23. The van der Waals surface area contributed by atoms with Gasteiger partial charge >= 0.3 is 41.5 Å². The SMILES string of the molecule is CCOC(=O)c1cc(C)nn1-c1ncc2ccccc2n1.Cc1cc(C(=O)NC(Cc2ccccc2)C(=O)C(N)=O)n(-c2ncc3ccccc3n2)n1.Cc1cc(C(=O)NC(Cc2ccccc2)C(O)C(N)=O)n(-c2ncc3ccccc3n2)n1.Cc1cc(C(=O)O)n(-c2ncc3ccccc3n2)n1.Cl.NC(=O)C(O)C(N)Cc1ccccc1.[2H]CP.[Na+].[OH-]. The van der Waals surface area contributed by atoms with Crippen LogP contribution in [0.25, 0.3) is 67.4 Å². The number of benzene rings is 7. The van der Waals surface area contributed by atoms with Crippen molar-refractivity contribution in [1.82, 2.24) is 89.6 Å². The molecule has 628 valence electrons. The minimum atomic E-state index is -1.56. The number of nitrogens with zero attached hydrogens (tertiary/aromatic N) is 16. The monoisotopic (exact) mass is 1710 g/mol. The maximum Gasteiger partial charge on any atom is 1.00 e. The number of carboxylic acid groups (broad SMARTS) is 1. The van der Waals surface area contributed by atoms with Crippen LogP contribution < -0.4 is 63.1 Å². The number of esters is 1. The molecular weight excluding hydrogens is 1630 g/mol. The molecule has 6 atom stereocenters. The Hall–Kier alpha value is -13.7. The van der Waals surface area contributed by atoms with E-state index in [0.717, 1.165) is 49.3 Å². The summed E-state index contributed by atoms with van der Waals surface area (Å²) in [7, 11) is 2.25. The number of ether oxygens (including phenoxy) is 1. The van der Waals surface area contributed by atoms with Crippen LogP contribution in [0, 0.1) is 27.7 Å². The molecule has 5 amide bonds. The Morgan fingerprint density at radius 1 is 0.455 bits per heavy atom. The molecule has 38 heteroatoms. The number of Topliss-reactive ketones (excluding diaryl/α,β-unsaturated/α-hetero) is 1. The van der Waals surface area contributed by atoms with E-state index < -0.39 is 77.6 Å². The summed E-state index contributed by atoms with van der Waals surface area (Å²) < 4.78 is 16.5. The van der Waals surface area contributed by atoms with Crippen LogP contribution in [0.1, 0.15) is 89.7 Å². The number of carbonyl (C=O) groups is 8. The van der Waals surface area contributed by atoms with Gasteiger partial charge < -0.3 is 59.1 Å². The van der Waals surface area contributed by atoms with Crippen molar-refractivity contribution >= 4 is 113 Å². The summed E-state index contributed by atoms with van der Waals surface area (Å²) in [6.45, 7) is 9.49. The minimum Gasteiger partial charge on any atom is -0.870 e. The molecule has 8 heterocycles. The summed E-state index contributed by atoms with van der Waals surface area (Å²) in [5.41, 5.74) is 29.7. The number of hydrogen-bond donors (Lipinski definition) is 9. The van der Waals surface area contributed by atoms with Crippen LogP contribution in [-0.4, -0.2) is 191 Å². The fourth-order valence-electron chi connectivity index (χ4n) is 11.9. The Morgan fingerprint density at radius 2 is 0.756 bits per heavy atom. The normalized spacial score (nSPS) is 11.8. The number of aliphatic hydroxyl groups excluding tert-OH is 2. The Balaban J connectivity index is 0.000000216. The first-order valence-electron chi connectivity index (χ1n) is 37.7. The predicted molar refractivity (Wildman–Crippen MR) is 459 cm³/mol. The van der Waals surface area contributed by atoms with E-state index in [9.17, 15) is 48.6 Å². The quantitative estimate of drug-likeness (QED) is 0.0188. The molecule has 8 aromatic heterocycles. The molecule has 0 saturated carbocycles. The third-order valence-corrected chi connectivity index (χ3v) is 17.6. The summed E-state index contributed by atoms with van der Waals surface area (Å²) in [5, 5.41) is 54.7. The fraction of sp³-hybridized carbons (Fsp3) is 0.176. The van der Waals surface area contributed by atoms with E-state index in [1.54, 1.807) is 102 Å². The Labute approximate surface area is 735 Å². The van der Waals surface area contributed by atoms with Gasteiger partial charge in [0.2, 0.25) is 17.6 Å². The van der Waals surface area contributed by atoms with E-state index in [-0.39, 0.29) is 95.2 Å². The largest absolute Gasteiger partial charge is 1.00 e. The van der Waals surface area contributed by atoms with Crippen molar-refractivity contribution in [3.05, 3.63) is 299 Å². The zero-order chi connectivity index (χ0) is 86.8. The molecule has 0 aliphatic heterocycles. The predicted octanol–water partition coefficient (Wildman–Crippen LogP) is 4.10. The van der Waals surface area contributed by atoms with Gasteiger partial charge in [0.05, 0.1) is 57.5 Å². The van der Waals surface area contributed by atoms with E-state index in [2.05, 4.69) is 80.1 Å². The van der Waals surface area contributed by atoms with E-state index >= 15 is 0 Å². The molecule has 0 saturated heterocycles. The van der Waals surface area contributed by atoms with E-state index in [1.807, 2.05) is 164 Å². The number of amides is 5. The number of nitrogens with one attached hydrogen (secondary N) is 2. The van der Waals surface area contributed by atoms with Crippen molar-refractivity contribution in [2.75, 3.05) is 13.2 Å². The summed E-state index contributed by atoms with van der Waals surface area (Å²) in [5.74, 6) is -5.29. The minimum absolute atomic E-state index is 0. The van der Waals surface area contributed by atoms with Crippen LogP contribution in [0.5, 0.6) is 0 Å². The number of aromatic carboxylic acids is 1. The van der Waals surface area contributed by atoms with Crippen LogP contribution in [0.2, 0.25) is 0 Å². The van der Waals surface area contributed by atoms with Gasteiger partial charge in [-0.15, -0.1) is 21.6 Å². The number of carbonyl (C=O) groups excluding carboxylic acids is 7. The molecule has 123 heavy (non-hydrogen) atoms. The second-order valence-electron chi connectivity index (χ2n) is 26.5. The number of aliphatic hydroxyl groups is 2. The summed E-state index contributed by atoms with van der Waals surface area (Å²) in [4.78, 5) is 130. The van der Waals surface area contributed by atoms with Gasteiger partial charge in [0.1, 0.15) is 23.5 Å². The summed E-state index contributed by atoms with van der Waals surface area (Å²) in [6, 6.07) is 61.3. The maximum absolute atomic E-state index is 13.2. The first kappa shape index (κ1) is 94.7. The van der Waals surface area contributed by atoms with Crippen LogP contribution >= 0.6 is 21.6 Å². The van der Waals surface area contributed by atoms with Gasteiger partial charge in [0.15, 0.2) is 17.5 Å². The number of halogens is 1. The average Bonchev–Trinajstić information content (AvgIpc) is 1.63. The number of carboxylic acids is 1. The Bertz CT molecular complexity index is 6180. The third-order valence-electron chi connectivity index (χ3n) is 17.6. The van der Waals surface area contributed by atoms with Crippen molar-refractivity contribution in [3.63, 3.8) is 0 Å². The van der Waals surface area contributed by atoms with Gasteiger partial charge in [0.25, 0.3) is 41.5 Å². The molecule has 0 radical (unpaired) electrons. The molecule has 15 aromatic rings. The average molecular weight is 1720 g/mol. The molecule has 0 aliphatic rings. The second kappa shape index (κ2) is 46.2. The van der Waals surface area contributed by atoms with Crippen molar-refractivity contribution in [1.29, 1.82) is 0 Å². The standard InChI is InChI=1S/C23H22N6O3.C23H20N6O3.C15H14N4O2.C13H10N4O2.C10H14N2O2.CH5P.ClH.Na.H2O/c2*1-14-11-19(29(28-14)23-25-13-16-9-5-6-10-17(16)27-23)22(32)26-18(20(30)21(24)31)12-15-7-3-2-4-8-15;1-3-21-14(20)13-8-10(2)18-19(13)15-16-9-11-6-4-5-7-12(11)17-15;1-8-6-11(12(18)19)17(16-8)13-14-7-9-4-2-3-5-10(9)15-13;11-8(9(13)10(12)14)6-7-4-2-1-3-5-7;1-2;;;/h2-11,13,18,20,30H,12H2,1H3,(H2,24,31)(H,26,32);2-11,13,18H,12H2,1H3,(H2,24,31)(H,26,32);4-9H,3H2,1-2H3;2-7H,1H3,(H,18,19);1-5,8-9,13H,6,11H2,(H2,12,14);2H2,1H3;1H;;1H2/q;;;;;;;+1;/p-1/i;;;;;1D;;;. The molecule has 7 aromatic carbocycles. The van der Waals surface area contributed by atoms with Crippen molar-refractivity contribution in [2.24, 2.45) is 22.9 Å². The van der Waals surface area contributed by atoms with Crippen LogP contribution in [-0.2, 0) is 43.2 Å². The maximum atomic E-state index is 13.2. The van der Waals surface area contributed by atoms with Gasteiger partial charge in [-0.2, -0.15) is 39.1 Å².